The smallest absolute Gasteiger partial charge is 0.227 e. The molecule has 1 fully saturated rings. The van der Waals surface area contributed by atoms with Crippen LogP contribution in [0, 0.1) is 0 Å². The van der Waals surface area contributed by atoms with E-state index in [2.05, 4.69) is 29.7 Å². The summed E-state index contributed by atoms with van der Waals surface area (Å²) in [6.45, 7) is 6.40. The second-order valence-corrected chi connectivity index (χ2v) is 8.68. The fourth-order valence-corrected chi connectivity index (χ4v) is 4.76. The summed E-state index contributed by atoms with van der Waals surface area (Å²) in [6, 6.07) is 16.2. The van der Waals surface area contributed by atoms with Gasteiger partial charge < -0.3 is 14.2 Å². The number of hydrogen-bond acceptors (Lipinski definition) is 3. The fourth-order valence-electron chi connectivity index (χ4n) is 4.76. The summed E-state index contributed by atoms with van der Waals surface area (Å²) in [7, 11) is 0. The zero-order valence-corrected chi connectivity index (χ0v) is 19.4. The Morgan fingerprint density at radius 2 is 1.72 bits per heavy atom. The van der Waals surface area contributed by atoms with Crippen molar-refractivity contribution >= 4 is 22.6 Å². The number of anilines is 1. The highest BCUT2D eigenvalue weighted by molar-refractivity contribution is 5.97. The van der Waals surface area contributed by atoms with E-state index in [9.17, 15) is 4.79 Å². The molecule has 0 spiro atoms. The molecule has 3 aromatic rings. The van der Waals surface area contributed by atoms with Crippen LogP contribution >= 0.6 is 0 Å². The van der Waals surface area contributed by atoms with E-state index >= 15 is 0 Å². The van der Waals surface area contributed by atoms with Crippen LogP contribution in [0.2, 0.25) is 0 Å². The Morgan fingerprint density at radius 3 is 2.56 bits per heavy atom. The third-order valence-corrected chi connectivity index (χ3v) is 6.37. The minimum atomic E-state index is 0.0877. The molecule has 1 aliphatic rings. The largest absolute Gasteiger partial charge is 0.492 e. The summed E-state index contributed by atoms with van der Waals surface area (Å²) in [5.74, 6) is 2.04. The first-order chi connectivity index (χ1) is 15.7. The minimum Gasteiger partial charge on any atom is -0.492 e. The number of fused-ring (bicyclic) bond motifs is 1. The van der Waals surface area contributed by atoms with E-state index in [0.29, 0.717) is 19.6 Å². The lowest BCUT2D eigenvalue weighted by Crippen LogP contribution is -2.25. The summed E-state index contributed by atoms with van der Waals surface area (Å²) in [4.78, 5) is 19.9. The maximum Gasteiger partial charge on any atom is 0.227 e. The van der Waals surface area contributed by atoms with Crippen molar-refractivity contribution in [2.24, 2.45) is 0 Å². The van der Waals surface area contributed by atoms with Crippen LogP contribution in [0.1, 0.15) is 70.5 Å². The highest BCUT2D eigenvalue weighted by Crippen LogP contribution is 2.37. The second-order valence-electron chi connectivity index (χ2n) is 8.68. The van der Waals surface area contributed by atoms with Gasteiger partial charge in [-0.3, -0.25) is 4.79 Å². The summed E-state index contributed by atoms with van der Waals surface area (Å²) < 4.78 is 8.16. The van der Waals surface area contributed by atoms with Gasteiger partial charge in [-0.05, 0) is 37.6 Å². The monoisotopic (exact) mass is 433 g/mol. The number of hydrogen-bond donors (Lipinski definition) is 0. The van der Waals surface area contributed by atoms with E-state index < -0.39 is 0 Å². The molecule has 1 amide bonds. The van der Waals surface area contributed by atoms with Crippen molar-refractivity contribution in [1.29, 1.82) is 0 Å². The molecule has 1 atom stereocenters. The molecule has 4 rings (SSSR count). The van der Waals surface area contributed by atoms with Gasteiger partial charge in [-0.15, -0.1) is 0 Å². The van der Waals surface area contributed by atoms with Gasteiger partial charge in [0.15, 0.2) is 0 Å². The number of carbonyl (C=O) groups excluding carboxylic acids is 1. The number of amides is 1. The van der Waals surface area contributed by atoms with Gasteiger partial charge in [0.2, 0.25) is 5.91 Å². The van der Waals surface area contributed by atoms with E-state index in [0.717, 1.165) is 35.7 Å². The Labute approximate surface area is 191 Å². The van der Waals surface area contributed by atoms with E-state index in [1.54, 1.807) is 0 Å². The zero-order chi connectivity index (χ0) is 22.3. The third-order valence-electron chi connectivity index (χ3n) is 6.37. The third kappa shape index (κ3) is 4.82. The predicted molar refractivity (Wildman–Crippen MR) is 130 cm³/mol. The molecular weight excluding hydrogens is 398 g/mol. The van der Waals surface area contributed by atoms with Gasteiger partial charge in [0.25, 0.3) is 0 Å². The number of para-hydroxylation sites is 4. The maximum atomic E-state index is 13.0. The van der Waals surface area contributed by atoms with Crippen molar-refractivity contribution in [2.45, 2.75) is 71.3 Å². The Morgan fingerprint density at radius 1 is 0.969 bits per heavy atom. The lowest BCUT2D eigenvalue weighted by molar-refractivity contribution is -0.117. The predicted octanol–water partition coefficient (Wildman–Crippen LogP) is 6.32. The van der Waals surface area contributed by atoms with Crippen LogP contribution in [0.15, 0.2) is 48.5 Å². The first-order valence-corrected chi connectivity index (χ1v) is 12.2. The van der Waals surface area contributed by atoms with Gasteiger partial charge in [-0.1, -0.05) is 63.3 Å². The molecule has 5 nitrogen and oxygen atoms in total. The molecule has 1 aromatic heterocycles. The minimum absolute atomic E-state index is 0.0877. The van der Waals surface area contributed by atoms with Gasteiger partial charge >= 0.3 is 0 Å². The molecular formula is C27H35N3O2. The average molecular weight is 434 g/mol. The summed E-state index contributed by atoms with van der Waals surface area (Å²) in [5.41, 5.74) is 3.06. The Hall–Kier alpha value is -2.82. The molecule has 0 bridgehead atoms. The maximum absolute atomic E-state index is 13.0. The number of imidazole rings is 1. The fraction of sp³-hybridized carbons (Fsp3) is 0.481. The molecule has 0 radical (unpaired) electrons. The van der Waals surface area contributed by atoms with Crippen molar-refractivity contribution in [3.63, 3.8) is 0 Å². The molecule has 1 unspecified atom stereocenters. The Balaban J connectivity index is 1.55. The summed E-state index contributed by atoms with van der Waals surface area (Å²) in [6.07, 6.45) is 8.08. The molecule has 2 aromatic carbocycles. The van der Waals surface area contributed by atoms with Gasteiger partial charge in [0.05, 0.1) is 23.3 Å². The highest BCUT2D eigenvalue weighted by Gasteiger charge is 2.35. The lowest BCUT2D eigenvalue weighted by Gasteiger charge is -2.20. The molecule has 2 heterocycles. The van der Waals surface area contributed by atoms with Crippen LogP contribution in [0.5, 0.6) is 5.75 Å². The quantitative estimate of drug-likeness (QED) is 0.333. The number of rotatable bonds is 11. The van der Waals surface area contributed by atoms with Crippen LogP contribution in [-0.2, 0) is 11.3 Å². The van der Waals surface area contributed by atoms with Gasteiger partial charge in [-0.2, -0.15) is 0 Å². The van der Waals surface area contributed by atoms with Crippen molar-refractivity contribution in [3.05, 3.63) is 54.4 Å². The Bertz CT molecular complexity index is 1040. The molecule has 5 heteroatoms. The topological polar surface area (TPSA) is 47.4 Å². The van der Waals surface area contributed by atoms with E-state index in [4.69, 9.17) is 9.72 Å². The van der Waals surface area contributed by atoms with E-state index in [1.165, 1.54) is 37.6 Å². The molecule has 170 valence electrons. The van der Waals surface area contributed by atoms with E-state index in [1.807, 2.05) is 42.2 Å². The summed E-state index contributed by atoms with van der Waals surface area (Å²) >= 11 is 0. The number of aryl methyl sites for hydroxylation is 1. The van der Waals surface area contributed by atoms with Crippen LogP contribution in [0.4, 0.5) is 5.69 Å². The molecule has 1 aliphatic heterocycles. The zero-order valence-electron chi connectivity index (χ0n) is 19.4. The highest BCUT2D eigenvalue weighted by atomic mass is 16.5. The first-order valence-electron chi connectivity index (χ1n) is 12.2. The average Bonchev–Trinajstić information content (AvgIpc) is 3.37. The van der Waals surface area contributed by atoms with Crippen LogP contribution in [0.3, 0.4) is 0 Å². The van der Waals surface area contributed by atoms with Crippen molar-refractivity contribution in [1.82, 2.24) is 9.55 Å². The first kappa shape index (κ1) is 22.4. The normalized spacial score (nSPS) is 16.2. The second kappa shape index (κ2) is 10.7. The molecule has 0 saturated carbocycles. The number of benzene rings is 2. The van der Waals surface area contributed by atoms with Crippen molar-refractivity contribution < 1.29 is 9.53 Å². The van der Waals surface area contributed by atoms with Gasteiger partial charge in [0.1, 0.15) is 11.6 Å². The molecule has 32 heavy (non-hydrogen) atoms. The van der Waals surface area contributed by atoms with Crippen LogP contribution in [0.25, 0.3) is 11.0 Å². The van der Waals surface area contributed by atoms with E-state index in [-0.39, 0.29) is 11.8 Å². The lowest BCUT2D eigenvalue weighted by atomic mass is 10.1. The number of ether oxygens (including phenoxy) is 1. The summed E-state index contributed by atoms with van der Waals surface area (Å²) in [5, 5.41) is 0. The Kier molecular flexibility index (Phi) is 7.46. The van der Waals surface area contributed by atoms with Crippen molar-refractivity contribution in [2.75, 3.05) is 18.1 Å². The standard InChI is InChI=1S/C27H35N3O2/c1-3-5-6-7-8-13-18-29-23-15-10-9-14-22(23)28-27(29)21-19-26(31)30(20-21)24-16-11-12-17-25(24)32-4-2/h9-12,14-17,21H,3-8,13,18-20H2,1-2H3. The number of carbonyl (C=O) groups is 1. The number of unbranched alkanes of at least 4 members (excludes halogenated alkanes) is 5. The molecule has 0 aliphatic carbocycles. The SMILES string of the molecule is CCCCCCCCn1c(C2CC(=O)N(c3ccccc3OCC)C2)nc2ccccc21. The van der Waals surface area contributed by atoms with Gasteiger partial charge in [-0.25, -0.2) is 4.98 Å². The van der Waals surface area contributed by atoms with Crippen LogP contribution < -0.4 is 9.64 Å². The number of aromatic nitrogens is 2. The van der Waals surface area contributed by atoms with Crippen molar-refractivity contribution in [3.8, 4) is 5.75 Å². The molecule has 0 N–H and O–H groups in total. The van der Waals surface area contributed by atoms with Crippen LogP contribution in [-0.4, -0.2) is 28.6 Å². The van der Waals surface area contributed by atoms with Gasteiger partial charge in [0, 0.05) is 25.4 Å². The molecule has 1 saturated heterocycles. The number of nitrogens with zero attached hydrogens (tertiary/aromatic N) is 3.